The molecule has 1 unspecified atom stereocenters. The molecule has 0 radical (unpaired) electrons. The van der Waals surface area contributed by atoms with Crippen molar-refractivity contribution < 1.29 is 0 Å². The van der Waals surface area contributed by atoms with Crippen molar-refractivity contribution in [1.29, 1.82) is 0 Å². The van der Waals surface area contributed by atoms with Crippen LogP contribution in [-0.4, -0.2) is 19.6 Å². The molecule has 0 amide bonds. The maximum Gasteiger partial charge on any atom is 0.0666 e. The van der Waals surface area contributed by atoms with E-state index < -0.39 is 0 Å². The second-order valence-corrected chi connectivity index (χ2v) is 5.36. The maximum atomic E-state index is 3.50. The summed E-state index contributed by atoms with van der Waals surface area (Å²) in [5, 5.41) is 3.50. The molecule has 2 rings (SSSR count). The summed E-state index contributed by atoms with van der Waals surface area (Å²) in [6, 6.07) is 19.9. The Labute approximate surface area is 128 Å². The van der Waals surface area contributed by atoms with Gasteiger partial charge in [-0.3, -0.25) is 0 Å². The van der Waals surface area contributed by atoms with Crippen LogP contribution in [0.3, 0.4) is 0 Å². The zero-order chi connectivity index (χ0) is 15.1. The van der Waals surface area contributed by atoms with Gasteiger partial charge in [0.15, 0.2) is 0 Å². The van der Waals surface area contributed by atoms with Crippen LogP contribution in [0.1, 0.15) is 31.0 Å². The molecule has 1 atom stereocenters. The first-order chi connectivity index (χ1) is 10.3. The van der Waals surface area contributed by atoms with Gasteiger partial charge in [0.2, 0.25) is 0 Å². The lowest BCUT2D eigenvalue weighted by Gasteiger charge is -2.33. The van der Waals surface area contributed by atoms with Gasteiger partial charge in [0.25, 0.3) is 0 Å². The fraction of sp³-hybridized carbons (Fsp3) is 0.368. The van der Waals surface area contributed by atoms with E-state index in [0.717, 1.165) is 19.6 Å². The lowest BCUT2D eigenvalue weighted by Crippen LogP contribution is -2.36. The van der Waals surface area contributed by atoms with Gasteiger partial charge in [-0.2, -0.15) is 0 Å². The second kappa shape index (κ2) is 7.84. The molecule has 2 heteroatoms. The number of nitrogens with one attached hydrogen (secondary N) is 1. The van der Waals surface area contributed by atoms with Crippen molar-refractivity contribution >= 4 is 5.69 Å². The number of nitrogens with zero attached hydrogens (tertiary/aromatic N) is 1. The average Bonchev–Trinajstić information content (AvgIpc) is 2.52. The topological polar surface area (TPSA) is 15.3 Å². The molecule has 0 aliphatic rings. The van der Waals surface area contributed by atoms with Gasteiger partial charge in [0, 0.05) is 18.8 Å². The van der Waals surface area contributed by atoms with Gasteiger partial charge in [-0.15, -0.1) is 0 Å². The van der Waals surface area contributed by atoms with Crippen LogP contribution in [0.2, 0.25) is 0 Å². The van der Waals surface area contributed by atoms with Gasteiger partial charge in [-0.05, 0) is 43.7 Å². The van der Waals surface area contributed by atoms with Crippen molar-refractivity contribution in [2.75, 3.05) is 24.5 Å². The van der Waals surface area contributed by atoms with E-state index in [0.29, 0.717) is 6.04 Å². The molecular formula is C19H26N2. The van der Waals surface area contributed by atoms with Gasteiger partial charge in [0.1, 0.15) is 0 Å². The first kappa shape index (κ1) is 15.6. The van der Waals surface area contributed by atoms with E-state index >= 15 is 0 Å². The van der Waals surface area contributed by atoms with E-state index in [1.807, 2.05) is 0 Å². The Bertz CT molecular complexity index is 536. The summed E-state index contributed by atoms with van der Waals surface area (Å²) in [5.74, 6) is 0. The Morgan fingerprint density at radius 3 is 2.38 bits per heavy atom. The Morgan fingerprint density at radius 2 is 1.76 bits per heavy atom. The monoisotopic (exact) mass is 282 g/mol. The van der Waals surface area contributed by atoms with Crippen LogP contribution in [0.25, 0.3) is 0 Å². The van der Waals surface area contributed by atoms with Crippen molar-refractivity contribution in [2.45, 2.75) is 26.8 Å². The molecule has 0 aliphatic heterocycles. The van der Waals surface area contributed by atoms with Gasteiger partial charge in [0.05, 0.1) is 6.04 Å². The SMILES string of the molecule is CCNCC(c1ccccc1)N(CC)c1cccc(C)c1. The highest BCUT2D eigenvalue weighted by Gasteiger charge is 2.19. The molecule has 112 valence electrons. The molecule has 0 bridgehead atoms. The standard InChI is InChI=1S/C19H26N2/c1-4-20-15-19(17-11-7-6-8-12-17)21(5-2)18-13-9-10-16(3)14-18/h6-14,19-20H,4-5,15H2,1-3H3. The van der Waals surface area contributed by atoms with Crippen LogP contribution >= 0.6 is 0 Å². The van der Waals surface area contributed by atoms with Gasteiger partial charge < -0.3 is 10.2 Å². The van der Waals surface area contributed by atoms with E-state index in [9.17, 15) is 0 Å². The lowest BCUT2D eigenvalue weighted by atomic mass is 10.0. The van der Waals surface area contributed by atoms with Crippen LogP contribution in [0.5, 0.6) is 0 Å². The van der Waals surface area contributed by atoms with Crippen molar-refractivity contribution in [3.05, 3.63) is 65.7 Å². The quantitative estimate of drug-likeness (QED) is 0.820. The van der Waals surface area contributed by atoms with E-state index in [4.69, 9.17) is 0 Å². The zero-order valence-corrected chi connectivity index (χ0v) is 13.3. The first-order valence-corrected chi connectivity index (χ1v) is 7.85. The number of hydrogen-bond acceptors (Lipinski definition) is 2. The summed E-state index contributed by atoms with van der Waals surface area (Å²) >= 11 is 0. The second-order valence-electron chi connectivity index (χ2n) is 5.36. The number of rotatable bonds is 7. The lowest BCUT2D eigenvalue weighted by molar-refractivity contribution is 0.568. The summed E-state index contributed by atoms with van der Waals surface area (Å²) < 4.78 is 0. The molecular weight excluding hydrogens is 256 g/mol. The molecule has 21 heavy (non-hydrogen) atoms. The molecule has 0 aromatic heterocycles. The highest BCUT2D eigenvalue weighted by atomic mass is 15.2. The van der Waals surface area contributed by atoms with E-state index in [1.165, 1.54) is 16.8 Å². The van der Waals surface area contributed by atoms with E-state index in [1.54, 1.807) is 0 Å². The molecule has 0 spiro atoms. The van der Waals surface area contributed by atoms with Crippen LogP contribution in [-0.2, 0) is 0 Å². The molecule has 0 aliphatic carbocycles. The molecule has 0 saturated heterocycles. The van der Waals surface area contributed by atoms with Crippen molar-refractivity contribution in [3.8, 4) is 0 Å². The van der Waals surface area contributed by atoms with Crippen LogP contribution in [0.4, 0.5) is 5.69 Å². The average molecular weight is 282 g/mol. The smallest absolute Gasteiger partial charge is 0.0666 e. The fourth-order valence-corrected chi connectivity index (χ4v) is 2.75. The highest BCUT2D eigenvalue weighted by molar-refractivity contribution is 5.50. The maximum absolute atomic E-state index is 3.50. The molecule has 1 N–H and O–H groups in total. The summed E-state index contributed by atoms with van der Waals surface area (Å²) in [4.78, 5) is 2.48. The van der Waals surface area contributed by atoms with E-state index in [-0.39, 0.29) is 0 Å². The zero-order valence-electron chi connectivity index (χ0n) is 13.3. The number of likely N-dealkylation sites (N-methyl/N-ethyl adjacent to an activating group) is 2. The van der Waals surface area contributed by atoms with Crippen LogP contribution < -0.4 is 10.2 Å². The normalized spacial score (nSPS) is 12.1. The Balaban J connectivity index is 2.33. The van der Waals surface area contributed by atoms with Crippen LogP contribution in [0, 0.1) is 6.92 Å². The van der Waals surface area contributed by atoms with Crippen molar-refractivity contribution in [1.82, 2.24) is 5.32 Å². The molecule has 2 nitrogen and oxygen atoms in total. The third kappa shape index (κ3) is 4.08. The number of aryl methyl sites for hydroxylation is 1. The molecule has 2 aromatic rings. The Morgan fingerprint density at radius 1 is 1.00 bits per heavy atom. The molecule has 2 aromatic carbocycles. The van der Waals surface area contributed by atoms with Gasteiger partial charge in [-0.25, -0.2) is 0 Å². The summed E-state index contributed by atoms with van der Waals surface area (Å²) in [6.07, 6.45) is 0. The minimum Gasteiger partial charge on any atom is -0.363 e. The molecule has 0 fully saturated rings. The Hall–Kier alpha value is -1.80. The van der Waals surface area contributed by atoms with Gasteiger partial charge >= 0.3 is 0 Å². The predicted octanol–water partition coefficient (Wildman–Crippen LogP) is 4.17. The third-order valence-electron chi connectivity index (χ3n) is 3.82. The third-order valence-corrected chi connectivity index (χ3v) is 3.82. The largest absolute Gasteiger partial charge is 0.363 e. The minimum absolute atomic E-state index is 0.359. The van der Waals surface area contributed by atoms with Gasteiger partial charge in [-0.1, -0.05) is 49.4 Å². The molecule has 0 saturated carbocycles. The predicted molar refractivity (Wildman–Crippen MR) is 91.9 cm³/mol. The van der Waals surface area contributed by atoms with Crippen molar-refractivity contribution in [3.63, 3.8) is 0 Å². The fourth-order valence-electron chi connectivity index (χ4n) is 2.75. The van der Waals surface area contributed by atoms with Crippen molar-refractivity contribution in [2.24, 2.45) is 0 Å². The highest BCUT2D eigenvalue weighted by Crippen LogP contribution is 2.27. The minimum atomic E-state index is 0.359. The number of hydrogen-bond donors (Lipinski definition) is 1. The number of anilines is 1. The molecule has 0 heterocycles. The summed E-state index contributed by atoms with van der Waals surface area (Å²) in [7, 11) is 0. The van der Waals surface area contributed by atoms with Crippen LogP contribution in [0.15, 0.2) is 54.6 Å². The summed E-state index contributed by atoms with van der Waals surface area (Å²) in [5.41, 5.74) is 3.97. The Kier molecular flexibility index (Phi) is 5.82. The summed E-state index contributed by atoms with van der Waals surface area (Å²) in [6.45, 7) is 9.49. The van der Waals surface area contributed by atoms with E-state index in [2.05, 4.69) is 85.6 Å². The first-order valence-electron chi connectivity index (χ1n) is 7.85. The number of benzene rings is 2.